The maximum absolute atomic E-state index is 13.6. The lowest BCUT2D eigenvalue weighted by molar-refractivity contribution is 0.500. The second-order valence-corrected chi connectivity index (χ2v) is 4.72. The van der Waals surface area contributed by atoms with Gasteiger partial charge in [0.15, 0.2) is 11.6 Å². The van der Waals surface area contributed by atoms with Crippen LogP contribution in [0.2, 0.25) is 0 Å². The molecule has 0 saturated carbocycles. The molecule has 0 unspecified atom stereocenters. The van der Waals surface area contributed by atoms with E-state index in [9.17, 15) is 13.6 Å². The Bertz CT molecular complexity index is 680. The molecule has 0 fully saturated rings. The summed E-state index contributed by atoms with van der Waals surface area (Å²) in [6.45, 7) is 3.70. The molecule has 106 valence electrons. The minimum absolute atomic E-state index is 0.0319. The zero-order valence-corrected chi connectivity index (χ0v) is 11.5. The minimum Gasteiger partial charge on any atom is -0.310 e. The summed E-state index contributed by atoms with van der Waals surface area (Å²) < 4.78 is 26.8. The summed E-state index contributed by atoms with van der Waals surface area (Å²) >= 11 is 0. The van der Waals surface area contributed by atoms with Crippen LogP contribution in [-0.2, 0) is 12.8 Å². The van der Waals surface area contributed by atoms with Crippen LogP contribution in [0.25, 0.3) is 0 Å². The van der Waals surface area contributed by atoms with Crippen LogP contribution in [0.15, 0.2) is 23.0 Å². The largest absolute Gasteiger partial charge is 0.310 e. The standard InChI is InChI=1S/C15H16F2N2O/c1-3-5-13-18-9(2)11(15(20)19-13)8-10-6-4-7-12(16)14(10)17/h4,6-7H,3,5,8H2,1-2H3,(H,18,19,20). The van der Waals surface area contributed by atoms with Gasteiger partial charge in [-0.25, -0.2) is 13.8 Å². The first-order chi connectivity index (χ1) is 9.52. The van der Waals surface area contributed by atoms with Crippen molar-refractivity contribution in [1.29, 1.82) is 0 Å². The first-order valence-electron chi connectivity index (χ1n) is 6.54. The van der Waals surface area contributed by atoms with Crippen molar-refractivity contribution in [3.63, 3.8) is 0 Å². The zero-order chi connectivity index (χ0) is 14.7. The van der Waals surface area contributed by atoms with Crippen molar-refractivity contribution in [3.8, 4) is 0 Å². The van der Waals surface area contributed by atoms with Gasteiger partial charge in [0.25, 0.3) is 5.56 Å². The van der Waals surface area contributed by atoms with Crippen LogP contribution in [-0.4, -0.2) is 9.97 Å². The third kappa shape index (κ3) is 2.92. The number of rotatable bonds is 4. The molecule has 1 N–H and O–H groups in total. The van der Waals surface area contributed by atoms with E-state index >= 15 is 0 Å². The minimum atomic E-state index is -0.913. The number of benzene rings is 1. The molecule has 0 aliphatic carbocycles. The molecular formula is C15H16F2N2O. The Balaban J connectivity index is 2.39. The Morgan fingerprint density at radius 3 is 2.70 bits per heavy atom. The van der Waals surface area contributed by atoms with Crippen LogP contribution >= 0.6 is 0 Å². The van der Waals surface area contributed by atoms with Gasteiger partial charge in [-0.15, -0.1) is 0 Å². The highest BCUT2D eigenvalue weighted by molar-refractivity contribution is 5.28. The molecule has 1 aromatic heterocycles. The molecule has 0 aliphatic heterocycles. The van der Waals surface area contributed by atoms with Crippen molar-refractivity contribution < 1.29 is 8.78 Å². The molecule has 3 nitrogen and oxygen atoms in total. The van der Waals surface area contributed by atoms with Gasteiger partial charge in [-0.05, 0) is 25.0 Å². The van der Waals surface area contributed by atoms with E-state index in [2.05, 4.69) is 9.97 Å². The highest BCUT2D eigenvalue weighted by Crippen LogP contribution is 2.15. The van der Waals surface area contributed by atoms with E-state index in [1.807, 2.05) is 6.92 Å². The molecule has 0 radical (unpaired) electrons. The molecule has 1 aromatic carbocycles. The van der Waals surface area contributed by atoms with E-state index in [1.54, 1.807) is 6.92 Å². The molecule has 1 heterocycles. The number of nitrogens with one attached hydrogen (secondary N) is 1. The normalized spacial score (nSPS) is 10.8. The quantitative estimate of drug-likeness (QED) is 0.934. The van der Waals surface area contributed by atoms with E-state index < -0.39 is 11.6 Å². The van der Waals surface area contributed by atoms with E-state index in [4.69, 9.17) is 0 Å². The number of hydrogen-bond donors (Lipinski definition) is 1. The zero-order valence-electron chi connectivity index (χ0n) is 11.5. The highest BCUT2D eigenvalue weighted by atomic mass is 19.2. The van der Waals surface area contributed by atoms with Crippen molar-refractivity contribution in [2.45, 2.75) is 33.1 Å². The van der Waals surface area contributed by atoms with Gasteiger partial charge in [0.1, 0.15) is 5.82 Å². The number of aromatic amines is 1. The topological polar surface area (TPSA) is 45.8 Å². The maximum Gasteiger partial charge on any atom is 0.254 e. The van der Waals surface area contributed by atoms with Gasteiger partial charge < -0.3 is 4.98 Å². The van der Waals surface area contributed by atoms with Crippen LogP contribution < -0.4 is 5.56 Å². The van der Waals surface area contributed by atoms with Gasteiger partial charge >= 0.3 is 0 Å². The van der Waals surface area contributed by atoms with E-state index in [0.717, 1.165) is 12.5 Å². The first kappa shape index (κ1) is 14.4. The average Bonchev–Trinajstić information content (AvgIpc) is 2.39. The molecule has 0 amide bonds. The molecule has 5 heteroatoms. The number of aromatic nitrogens is 2. The van der Waals surface area contributed by atoms with Crippen molar-refractivity contribution >= 4 is 0 Å². The molecule has 20 heavy (non-hydrogen) atoms. The van der Waals surface area contributed by atoms with Crippen LogP contribution in [0.4, 0.5) is 8.78 Å². The van der Waals surface area contributed by atoms with E-state index in [0.29, 0.717) is 23.5 Å². The molecule has 0 saturated heterocycles. The predicted octanol–water partition coefficient (Wildman–Crippen LogP) is 2.90. The summed E-state index contributed by atoms with van der Waals surface area (Å²) in [4.78, 5) is 19.0. The summed E-state index contributed by atoms with van der Waals surface area (Å²) in [6.07, 6.45) is 1.59. The number of hydrogen-bond acceptors (Lipinski definition) is 2. The van der Waals surface area contributed by atoms with Crippen molar-refractivity contribution in [2.24, 2.45) is 0 Å². The average molecular weight is 278 g/mol. The lowest BCUT2D eigenvalue weighted by Gasteiger charge is -2.08. The maximum atomic E-state index is 13.6. The summed E-state index contributed by atoms with van der Waals surface area (Å²) in [5.41, 5.74) is 0.795. The number of halogens is 2. The highest BCUT2D eigenvalue weighted by Gasteiger charge is 2.13. The Labute approximate surface area is 115 Å². The molecular weight excluding hydrogens is 262 g/mol. The van der Waals surface area contributed by atoms with Crippen LogP contribution in [0.3, 0.4) is 0 Å². The van der Waals surface area contributed by atoms with Crippen LogP contribution in [0.1, 0.15) is 36.0 Å². The van der Waals surface area contributed by atoms with Crippen molar-refractivity contribution in [1.82, 2.24) is 9.97 Å². The Morgan fingerprint density at radius 2 is 2.05 bits per heavy atom. The first-order valence-corrected chi connectivity index (χ1v) is 6.54. The number of nitrogens with zero attached hydrogens (tertiary/aromatic N) is 1. The van der Waals surface area contributed by atoms with Gasteiger partial charge in [-0.3, -0.25) is 4.79 Å². The molecule has 0 spiro atoms. The lowest BCUT2D eigenvalue weighted by atomic mass is 10.0. The fraction of sp³-hybridized carbons (Fsp3) is 0.333. The van der Waals surface area contributed by atoms with E-state index in [1.165, 1.54) is 12.1 Å². The third-order valence-electron chi connectivity index (χ3n) is 3.16. The SMILES string of the molecule is CCCc1nc(C)c(Cc2cccc(F)c2F)c(=O)[nH]1. The molecule has 2 aromatic rings. The summed E-state index contributed by atoms with van der Waals surface area (Å²) in [7, 11) is 0. The fourth-order valence-corrected chi connectivity index (χ4v) is 2.11. The van der Waals surface area contributed by atoms with Crippen molar-refractivity contribution in [3.05, 3.63) is 62.8 Å². The number of H-pyrrole nitrogens is 1. The predicted molar refractivity (Wildman–Crippen MR) is 72.8 cm³/mol. The summed E-state index contributed by atoms with van der Waals surface area (Å²) in [6, 6.07) is 3.95. The molecule has 2 rings (SSSR count). The molecule has 0 bridgehead atoms. The second kappa shape index (κ2) is 5.94. The smallest absolute Gasteiger partial charge is 0.254 e. The Morgan fingerprint density at radius 1 is 1.30 bits per heavy atom. The van der Waals surface area contributed by atoms with Crippen molar-refractivity contribution in [2.75, 3.05) is 0 Å². The Hall–Kier alpha value is -2.04. The number of aryl methyl sites for hydroxylation is 2. The van der Waals surface area contributed by atoms with Gasteiger partial charge in [0.2, 0.25) is 0 Å². The van der Waals surface area contributed by atoms with E-state index in [-0.39, 0.29) is 17.5 Å². The summed E-state index contributed by atoms with van der Waals surface area (Å²) in [5.74, 6) is -1.20. The van der Waals surface area contributed by atoms with Gasteiger partial charge in [0, 0.05) is 24.1 Å². The fourth-order valence-electron chi connectivity index (χ4n) is 2.11. The van der Waals surface area contributed by atoms with Gasteiger partial charge in [-0.2, -0.15) is 0 Å². The van der Waals surface area contributed by atoms with Gasteiger partial charge in [-0.1, -0.05) is 19.1 Å². The monoisotopic (exact) mass is 278 g/mol. The molecule has 0 aliphatic rings. The summed E-state index contributed by atoms with van der Waals surface area (Å²) in [5, 5.41) is 0. The Kier molecular flexibility index (Phi) is 4.27. The van der Waals surface area contributed by atoms with Gasteiger partial charge in [0.05, 0.1) is 0 Å². The lowest BCUT2D eigenvalue weighted by Crippen LogP contribution is -2.19. The third-order valence-corrected chi connectivity index (χ3v) is 3.16. The van der Waals surface area contributed by atoms with Crippen LogP contribution in [0.5, 0.6) is 0 Å². The molecule has 0 atom stereocenters. The van der Waals surface area contributed by atoms with Crippen LogP contribution in [0, 0.1) is 18.6 Å². The second-order valence-electron chi connectivity index (χ2n) is 4.72.